The predicted molar refractivity (Wildman–Crippen MR) is 107 cm³/mol. The molecule has 7 nitrogen and oxygen atoms in total. The van der Waals surface area contributed by atoms with Crippen LogP contribution in [0.5, 0.6) is 0 Å². The number of rotatable bonds is 7. The minimum Gasteiger partial charge on any atom is -0.368 e. The first-order valence-corrected chi connectivity index (χ1v) is 9.42. The SMILES string of the molecule is O=C(Cc1c[nH]c2ccccc12)NCCNc1cc(N2CCCC2)ncn1. The predicted octanol–water partition coefficient (Wildman–Crippen LogP) is 2.33. The highest BCUT2D eigenvalue weighted by atomic mass is 16.1. The Hall–Kier alpha value is -3.09. The van der Waals surface area contributed by atoms with Gasteiger partial charge in [-0.2, -0.15) is 0 Å². The molecule has 1 aliphatic rings. The van der Waals surface area contributed by atoms with Crippen LogP contribution >= 0.6 is 0 Å². The second-order valence-corrected chi connectivity index (χ2v) is 6.77. The lowest BCUT2D eigenvalue weighted by Crippen LogP contribution is -2.30. The third kappa shape index (κ3) is 4.19. The zero-order valence-corrected chi connectivity index (χ0v) is 15.2. The van der Waals surface area contributed by atoms with Gasteiger partial charge in [0.05, 0.1) is 6.42 Å². The number of fused-ring (bicyclic) bond motifs is 1. The van der Waals surface area contributed by atoms with Crippen LogP contribution in [-0.2, 0) is 11.2 Å². The van der Waals surface area contributed by atoms with Crippen LogP contribution in [0.1, 0.15) is 18.4 Å². The number of hydrogen-bond donors (Lipinski definition) is 3. The molecule has 4 rings (SSSR count). The van der Waals surface area contributed by atoms with Gasteiger partial charge in [-0.3, -0.25) is 4.79 Å². The topological polar surface area (TPSA) is 85.9 Å². The number of aromatic nitrogens is 3. The maximum absolute atomic E-state index is 12.2. The fraction of sp³-hybridized carbons (Fsp3) is 0.350. The van der Waals surface area contributed by atoms with Gasteiger partial charge in [-0.15, -0.1) is 0 Å². The molecular formula is C20H24N6O. The number of nitrogens with one attached hydrogen (secondary N) is 3. The van der Waals surface area contributed by atoms with Gasteiger partial charge in [0.25, 0.3) is 0 Å². The molecule has 0 aliphatic carbocycles. The molecule has 1 fully saturated rings. The van der Waals surface area contributed by atoms with Crippen molar-refractivity contribution in [3.05, 3.63) is 48.4 Å². The third-order valence-electron chi connectivity index (χ3n) is 4.86. The number of H-pyrrole nitrogens is 1. The van der Waals surface area contributed by atoms with Crippen molar-refractivity contribution in [2.75, 3.05) is 36.4 Å². The summed E-state index contributed by atoms with van der Waals surface area (Å²) in [5, 5.41) is 7.31. The fourth-order valence-corrected chi connectivity index (χ4v) is 3.47. The molecule has 3 aromatic rings. The number of para-hydroxylation sites is 1. The molecule has 0 atom stereocenters. The summed E-state index contributed by atoms with van der Waals surface area (Å²) in [6.45, 7) is 3.28. The third-order valence-corrected chi connectivity index (χ3v) is 4.86. The average molecular weight is 364 g/mol. The summed E-state index contributed by atoms with van der Waals surface area (Å²) in [5.74, 6) is 1.77. The molecule has 3 N–H and O–H groups in total. The van der Waals surface area contributed by atoms with Crippen molar-refractivity contribution in [1.82, 2.24) is 20.3 Å². The Morgan fingerprint density at radius 2 is 2.00 bits per heavy atom. The van der Waals surface area contributed by atoms with E-state index >= 15 is 0 Å². The van der Waals surface area contributed by atoms with Gasteiger partial charge >= 0.3 is 0 Å². The first-order chi connectivity index (χ1) is 13.3. The minimum absolute atomic E-state index is 0.0157. The van der Waals surface area contributed by atoms with E-state index in [-0.39, 0.29) is 5.91 Å². The van der Waals surface area contributed by atoms with Crippen LogP contribution in [0.25, 0.3) is 10.9 Å². The van der Waals surface area contributed by atoms with Crippen molar-refractivity contribution in [3.63, 3.8) is 0 Å². The zero-order chi connectivity index (χ0) is 18.5. The first-order valence-electron chi connectivity index (χ1n) is 9.42. The van der Waals surface area contributed by atoms with E-state index in [1.54, 1.807) is 6.33 Å². The minimum atomic E-state index is 0.0157. The van der Waals surface area contributed by atoms with E-state index in [1.807, 2.05) is 36.5 Å². The molecule has 0 unspecified atom stereocenters. The van der Waals surface area contributed by atoms with E-state index in [0.717, 1.165) is 41.2 Å². The molecule has 0 spiro atoms. The summed E-state index contributed by atoms with van der Waals surface area (Å²) >= 11 is 0. The molecule has 1 aromatic carbocycles. The van der Waals surface area contributed by atoms with Crippen LogP contribution in [-0.4, -0.2) is 47.0 Å². The molecule has 1 amide bonds. The zero-order valence-electron chi connectivity index (χ0n) is 15.2. The summed E-state index contributed by atoms with van der Waals surface area (Å²) in [7, 11) is 0. The van der Waals surface area contributed by atoms with Gasteiger partial charge in [0.15, 0.2) is 0 Å². The number of carbonyl (C=O) groups is 1. The number of aromatic amines is 1. The van der Waals surface area contributed by atoms with E-state index < -0.39 is 0 Å². The summed E-state index contributed by atoms with van der Waals surface area (Å²) in [5.41, 5.74) is 2.07. The number of anilines is 2. The smallest absolute Gasteiger partial charge is 0.224 e. The van der Waals surface area contributed by atoms with Crippen molar-refractivity contribution in [1.29, 1.82) is 0 Å². The first kappa shape index (κ1) is 17.3. The maximum atomic E-state index is 12.2. The van der Waals surface area contributed by atoms with E-state index in [2.05, 4.69) is 30.5 Å². The van der Waals surface area contributed by atoms with E-state index in [1.165, 1.54) is 12.8 Å². The van der Waals surface area contributed by atoms with Crippen molar-refractivity contribution >= 4 is 28.4 Å². The lowest BCUT2D eigenvalue weighted by molar-refractivity contribution is -0.120. The number of hydrogen-bond acceptors (Lipinski definition) is 5. The molecule has 3 heterocycles. The summed E-state index contributed by atoms with van der Waals surface area (Å²) in [6.07, 6.45) is 6.30. The Balaban J connectivity index is 1.24. The summed E-state index contributed by atoms with van der Waals surface area (Å²) < 4.78 is 0. The van der Waals surface area contributed by atoms with E-state index in [9.17, 15) is 4.79 Å². The second-order valence-electron chi connectivity index (χ2n) is 6.77. The quantitative estimate of drug-likeness (QED) is 0.560. The number of amides is 1. The monoisotopic (exact) mass is 364 g/mol. The molecule has 140 valence electrons. The highest BCUT2D eigenvalue weighted by molar-refractivity contribution is 5.88. The summed E-state index contributed by atoms with van der Waals surface area (Å²) in [6, 6.07) is 9.98. The van der Waals surface area contributed by atoms with Crippen molar-refractivity contribution in [3.8, 4) is 0 Å². The number of benzene rings is 1. The Kier molecular flexibility index (Phi) is 5.18. The van der Waals surface area contributed by atoms with E-state index in [4.69, 9.17) is 0 Å². The van der Waals surface area contributed by atoms with Crippen LogP contribution in [0.15, 0.2) is 42.9 Å². The molecule has 1 aliphatic heterocycles. The molecule has 1 saturated heterocycles. The molecule has 0 saturated carbocycles. The summed E-state index contributed by atoms with van der Waals surface area (Å²) in [4.78, 5) is 26.3. The lowest BCUT2D eigenvalue weighted by Gasteiger charge is -2.16. The second kappa shape index (κ2) is 8.07. The van der Waals surface area contributed by atoms with Crippen LogP contribution < -0.4 is 15.5 Å². The molecule has 0 bridgehead atoms. The van der Waals surface area contributed by atoms with Crippen LogP contribution in [0.4, 0.5) is 11.6 Å². The maximum Gasteiger partial charge on any atom is 0.224 e. The standard InChI is InChI=1S/C20H24N6O/c27-20(11-15-13-23-17-6-2-1-5-16(15)17)22-8-7-21-18-12-19(25-14-24-18)26-9-3-4-10-26/h1-2,5-6,12-14,23H,3-4,7-11H2,(H,22,27)(H,21,24,25). The molecule has 7 heteroatoms. The van der Waals surface area contributed by atoms with Crippen molar-refractivity contribution in [2.45, 2.75) is 19.3 Å². The van der Waals surface area contributed by atoms with Crippen LogP contribution in [0.3, 0.4) is 0 Å². The van der Waals surface area contributed by atoms with Gasteiger partial charge in [0.2, 0.25) is 5.91 Å². The molecule has 27 heavy (non-hydrogen) atoms. The largest absolute Gasteiger partial charge is 0.368 e. The molecule has 0 radical (unpaired) electrons. The van der Waals surface area contributed by atoms with Gasteiger partial charge in [0, 0.05) is 49.3 Å². The highest BCUT2D eigenvalue weighted by Gasteiger charge is 2.14. The van der Waals surface area contributed by atoms with E-state index in [0.29, 0.717) is 19.5 Å². The Labute approximate surface area is 158 Å². The van der Waals surface area contributed by atoms with Crippen LogP contribution in [0, 0.1) is 0 Å². The van der Waals surface area contributed by atoms with Gasteiger partial charge in [-0.25, -0.2) is 9.97 Å². The Morgan fingerprint density at radius 3 is 2.89 bits per heavy atom. The normalized spacial score (nSPS) is 13.9. The van der Waals surface area contributed by atoms with Crippen molar-refractivity contribution < 1.29 is 4.79 Å². The van der Waals surface area contributed by atoms with Gasteiger partial charge < -0.3 is 20.5 Å². The van der Waals surface area contributed by atoms with Crippen molar-refractivity contribution in [2.24, 2.45) is 0 Å². The number of carbonyl (C=O) groups excluding carboxylic acids is 1. The fourth-order valence-electron chi connectivity index (χ4n) is 3.47. The Bertz CT molecular complexity index is 915. The average Bonchev–Trinajstić information content (AvgIpc) is 3.36. The van der Waals surface area contributed by atoms with Gasteiger partial charge in [-0.1, -0.05) is 18.2 Å². The molecular weight excluding hydrogens is 340 g/mol. The van der Waals surface area contributed by atoms with Crippen LogP contribution in [0.2, 0.25) is 0 Å². The van der Waals surface area contributed by atoms with Gasteiger partial charge in [-0.05, 0) is 24.5 Å². The lowest BCUT2D eigenvalue weighted by atomic mass is 10.1. The Morgan fingerprint density at radius 1 is 1.15 bits per heavy atom. The van der Waals surface area contributed by atoms with Gasteiger partial charge in [0.1, 0.15) is 18.0 Å². The number of nitrogens with zero attached hydrogens (tertiary/aromatic N) is 3. The molecule has 2 aromatic heterocycles. The highest BCUT2D eigenvalue weighted by Crippen LogP contribution is 2.19.